The molecule has 1 aliphatic rings. The maximum Gasteiger partial charge on any atom is 0.253 e. The van der Waals surface area contributed by atoms with E-state index in [-0.39, 0.29) is 17.6 Å². The van der Waals surface area contributed by atoms with E-state index >= 15 is 0 Å². The summed E-state index contributed by atoms with van der Waals surface area (Å²) in [5, 5.41) is 7.99. The number of carbonyl (C=O) groups excluding carboxylic acids is 3. The first-order valence-corrected chi connectivity index (χ1v) is 9.11. The predicted octanol–water partition coefficient (Wildman–Crippen LogP) is 2.41. The van der Waals surface area contributed by atoms with Gasteiger partial charge in [-0.2, -0.15) is 0 Å². The fourth-order valence-electron chi connectivity index (χ4n) is 2.26. The van der Waals surface area contributed by atoms with Gasteiger partial charge in [-0.3, -0.25) is 19.2 Å². The molecule has 1 aromatic rings. The minimum atomic E-state index is -0.180. The highest BCUT2D eigenvalue weighted by Crippen LogP contribution is 2.07. The quantitative estimate of drug-likeness (QED) is 0.663. The number of nitrogens with zero attached hydrogens (tertiary/aromatic N) is 4. The summed E-state index contributed by atoms with van der Waals surface area (Å²) >= 11 is 0. The van der Waals surface area contributed by atoms with Crippen LogP contribution in [0, 0.1) is 11.8 Å². The fourth-order valence-corrected chi connectivity index (χ4v) is 2.26. The van der Waals surface area contributed by atoms with Crippen molar-refractivity contribution in [2.45, 2.75) is 60.4 Å². The smallest absolute Gasteiger partial charge is 0.253 e. The molecule has 2 amide bonds. The average Bonchev–Trinajstić information content (AvgIpc) is 3.10. The Morgan fingerprint density at radius 1 is 1.08 bits per heavy atom. The normalized spacial score (nSPS) is 13.6. The molecular weight excluding hydrogens is 332 g/mol. The number of Topliss-reactive ketones (excluding diaryl/α,β-unsaturated/α-hetero) is 1. The number of hydrogen-bond donors (Lipinski definition) is 0. The van der Waals surface area contributed by atoms with Gasteiger partial charge in [0.2, 0.25) is 0 Å². The second kappa shape index (κ2) is 10.6. The minimum absolute atomic E-state index is 0.180. The Morgan fingerprint density at radius 3 is 2.19 bits per heavy atom. The number of aromatic nitrogens is 3. The molecule has 1 aromatic heterocycles. The van der Waals surface area contributed by atoms with E-state index in [1.165, 1.54) is 17.1 Å². The number of imide groups is 1. The Labute approximate surface area is 155 Å². The molecule has 2 heterocycles. The molecule has 0 spiro atoms. The van der Waals surface area contributed by atoms with Crippen LogP contribution >= 0.6 is 0 Å². The SMILES string of the molecule is CC(=O)CCc1cn(CC(C)C)nn1.CC(C)CCN1C(=O)C=CC1=O. The predicted molar refractivity (Wildman–Crippen MR) is 99.2 cm³/mol. The molecule has 0 atom stereocenters. The second-order valence-corrected chi connectivity index (χ2v) is 7.37. The molecule has 1 aliphatic heterocycles. The molecule has 2 rings (SSSR count). The summed E-state index contributed by atoms with van der Waals surface area (Å²) in [6.07, 6.45) is 6.70. The van der Waals surface area contributed by atoms with E-state index in [1.54, 1.807) is 6.92 Å². The molecule has 0 aliphatic carbocycles. The number of carbonyl (C=O) groups is 3. The lowest BCUT2D eigenvalue weighted by atomic mass is 10.1. The first-order valence-electron chi connectivity index (χ1n) is 9.11. The molecule has 144 valence electrons. The second-order valence-electron chi connectivity index (χ2n) is 7.37. The monoisotopic (exact) mass is 362 g/mol. The van der Waals surface area contributed by atoms with Crippen molar-refractivity contribution in [2.75, 3.05) is 6.54 Å². The van der Waals surface area contributed by atoms with Crippen LogP contribution in [0.15, 0.2) is 18.3 Å². The topological polar surface area (TPSA) is 85.2 Å². The summed E-state index contributed by atoms with van der Waals surface area (Å²) in [6, 6.07) is 0. The molecule has 0 saturated heterocycles. The van der Waals surface area contributed by atoms with Gasteiger partial charge in [0.05, 0.1) is 5.69 Å². The Hall–Kier alpha value is -2.31. The van der Waals surface area contributed by atoms with Gasteiger partial charge in [0.15, 0.2) is 0 Å². The van der Waals surface area contributed by atoms with E-state index in [1.807, 2.05) is 10.9 Å². The Morgan fingerprint density at radius 2 is 1.69 bits per heavy atom. The van der Waals surface area contributed by atoms with Crippen LogP contribution in [0.1, 0.15) is 53.2 Å². The first kappa shape index (κ1) is 21.7. The molecule has 0 aromatic carbocycles. The number of aryl methyl sites for hydroxylation is 1. The van der Waals surface area contributed by atoms with Gasteiger partial charge in [-0.25, -0.2) is 0 Å². The maximum atomic E-state index is 11.0. The lowest BCUT2D eigenvalue weighted by Gasteiger charge is -2.14. The summed E-state index contributed by atoms with van der Waals surface area (Å²) < 4.78 is 1.83. The van der Waals surface area contributed by atoms with Crippen LogP contribution in [-0.4, -0.2) is 44.0 Å². The number of ketones is 1. The first-order chi connectivity index (χ1) is 12.2. The van der Waals surface area contributed by atoms with Crippen molar-refractivity contribution >= 4 is 17.6 Å². The number of amides is 2. The van der Waals surface area contributed by atoms with E-state index in [0.29, 0.717) is 31.2 Å². The third-order valence-electron chi connectivity index (χ3n) is 3.70. The van der Waals surface area contributed by atoms with Gasteiger partial charge < -0.3 is 4.79 Å². The Balaban J connectivity index is 0.000000263. The van der Waals surface area contributed by atoms with Crippen molar-refractivity contribution in [3.63, 3.8) is 0 Å². The van der Waals surface area contributed by atoms with Crippen LogP contribution in [0.4, 0.5) is 0 Å². The molecule has 0 unspecified atom stereocenters. The van der Waals surface area contributed by atoms with Crippen molar-refractivity contribution < 1.29 is 14.4 Å². The zero-order valence-corrected chi connectivity index (χ0v) is 16.4. The van der Waals surface area contributed by atoms with Gasteiger partial charge in [-0.15, -0.1) is 5.10 Å². The Kier molecular flexibility index (Phi) is 8.88. The van der Waals surface area contributed by atoms with E-state index in [4.69, 9.17) is 0 Å². The largest absolute Gasteiger partial charge is 0.300 e. The molecule has 26 heavy (non-hydrogen) atoms. The summed E-state index contributed by atoms with van der Waals surface area (Å²) in [7, 11) is 0. The Bertz CT molecular complexity index is 629. The zero-order valence-electron chi connectivity index (χ0n) is 16.4. The van der Waals surface area contributed by atoms with E-state index < -0.39 is 0 Å². The highest BCUT2D eigenvalue weighted by Gasteiger charge is 2.22. The van der Waals surface area contributed by atoms with Gasteiger partial charge in [0, 0.05) is 37.9 Å². The van der Waals surface area contributed by atoms with Gasteiger partial charge in [-0.05, 0) is 31.6 Å². The molecule has 0 bridgehead atoms. The van der Waals surface area contributed by atoms with Gasteiger partial charge in [-0.1, -0.05) is 32.9 Å². The zero-order chi connectivity index (χ0) is 19.7. The highest BCUT2D eigenvalue weighted by molar-refractivity contribution is 6.12. The summed E-state index contributed by atoms with van der Waals surface area (Å²) in [5.74, 6) is 0.924. The van der Waals surface area contributed by atoms with Crippen molar-refractivity contribution in [2.24, 2.45) is 11.8 Å². The van der Waals surface area contributed by atoms with E-state index in [9.17, 15) is 14.4 Å². The average molecular weight is 362 g/mol. The standard InChI is InChI=1S/C10H17N3O.C9H13NO2/c1-8(2)6-13-7-10(11-12-13)5-4-9(3)14;1-7(2)5-6-10-8(11)3-4-9(10)12/h7-8H,4-6H2,1-3H3;3-4,7H,5-6H2,1-2H3. The molecule has 0 saturated carbocycles. The van der Waals surface area contributed by atoms with Crippen LogP contribution < -0.4 is 0 Å². The van der Waals surface area contributed by atoms with Gasteiger partial charge >= 0.3 is 0 Å². The van der Waals surface area contributed by atoms with Crippen molar-refractivity contribution in [1.82, 2.24) is 19.9 Å². The molecule has 0 radical (unpaired) electrons. The van der Waals surface area contributed by atoms with Crippen molar-refractivity contribution in [3.8, 4) is 0 Å². The van der Waals surface area contributed by atoms with E-state index in [0.717, 1.165) is 18.7 Å². The summed E-state index contributed by atoms with van der Waals surface area (Å²) in [4.78, 5) is 34.1. The third-order valence-corrected chi connectivity index (χ3v) is 3.70. The molecular formula is C19H30N4O3. The van der Waals surface area contributed by atoms with Crippen LogP contribution in [0.2, 0.25) is 0 Å². The molecule has 7 nitrogen and oxygen atoms in total. The van der Waals surface area contributed by atoms with Crippen LogP contribution in [0.3, 0.4) is 0 Å². The lowest BCUT2D eigenvalue weighted by molar-refractivity contribution is -0.136. The highest BCUT2D eigenvalue weighted by atomic mass is 16.2. The molecule has 7 heteroatoms. The maximum absolute atomic E-state index is 11.0. The van der Waals surface area contributed by atoms with Crippen LogP contribution in [0.25, 0.3) is 0 Å². The van der Waals surface area contributed by atoms with Crippen molar-refractivity contribution in [3.05, 3.63) is 24.0 Å². The van der Waals surface area contributed by atoms with Crippen molar-refractivity contribution in [1.29, 1.82) is 0 Å². The van der Waals surface area contributed by atoms with Gasteiger partial charge in [0.25, 0.3) is 11.8 Å². The van der Waals surface area contributed by atoms with E-state index in [2.05, 4.69) is 38.0 Å². The summed E-state index contributed by atoms with van der Waals surface area (Å²) in [5.41, 5.74) is 0.904. The van der Waals surface area contributed by atoms with Crippen LogP contribution in [0.5, 0.6) is 0 Å². The minimum Gasteiger partial charge on any atom is -0.300 e. The number of hydrogen-bond acceptors (Lipinski definition) is 5. The fraction of sp³-hybridized carbons (Fsp3) is 0.632. The third kappa shape index (κ3) is 8.18. The summed E-state index contributed by atoms with van der Waals surface area (Å²) in [6.45, 7) is 11.4. The number of rotatable bonds is 8. The molecule has 0 fully saturated rings. The lowest BCUT2D eigenvalue weighted by Crippen LogP contribution is -2.31. The van der Waals surface area contributed by atoms with Gasteiger partial charge in [0.1, 0.15) is 5.78 Å². The van der Waals surface area contributed by atoms with Crippen LogP contribution in [-0.2, 0) is 27.3 Å². The molecule has 0 N–H and O–H groups in total.